The normalized spacial score (nSPS) is 31.8. The highest BCUT2D eigenvalue weighted by molar-refractivity contribution is 5.66. The molecular formula is C36H44O9. The van der Waals surface area contributed by atoms with E-state index in [1.807, 2.05) is 105 Å². The first-order chi connectivity index (χ1) is 21.8. The summed E-state index contributed by atoms with van der Waals surface area (Å²) < 4.78 is 43.9. The molecule has 0 aromatic heterocycles. The SMILES string of the molecule is CC(=O)O[C@H]1C(O)[C@@H](OCc2ccccc2)C(C)O[C@H]1OC1[C@H](C)OC(C)[C@H](OCc2ccccc2)[C@H]1OCc1ccccc1. The van der Waals surface area contributed by atoms with Crippen molar-refractivity contribution in [1.29, 1.82) is 0 Å². The number of hydrogen-bond acceptors (Lipinski definition) is 9. The maximum absolute atomic E-state index is 12.2. The topological polar surface area (TPSA) is 102 Å². The Bertz CT molecular complexity index is 1310. The van der Waals surface area contributed by atoms with Gasteiger partial charge < -0.3 is 38.3 Å². The lowest BCUT2D eigenvalue weighted by molar-refractivity contribution is -0.344. The maximum Gasteiger partial charge on any atom is 0.303 e. The lowest BCUT2D eigenvalue weighted by atomic mass is 9.94. The van der Waals surface area contributed by atoms with E-state index in [9.17, 15) is 9.90 Å². The molecule has 3 aromatic carbocycles. The van der Waals surface area contributed by atoms with Crippen molar-refractivity contribution in [2.45, 2.75) is 109 Å². The minimum Gasteiger partial charge on any atom is -0.454 e. The van der Waals surface area contributed by atoms with Gasteiger partial charge in [-0.2, -0.15) is 0 Å². The summed E-state index contributed by atoms with van der Waals surface area (Å²) in [6.45, 7) is 7.90. The molecule has 10 atom stereocenters. The second-order valence-corrected chi connectivity index (χ2v) is 11.7. The Morgan fingerprint density at radius 1 is 0.600 bits per heavy atom. The lowest BCUT2D eigenvalue weighted by Gasteiger charge is -2.48. The van der Waals surface area contributed by atoms with Crippen LogP contribution < -0.4 is 0 Å². The van der Waals surface area contributed by atoms with Crippen molar-refractivity contribution >= 4 is 5.97 Å². The molecular weight excluding hydrogens is 576 g/mol. The summed E-state index contributed by atoms with van der Waals surface area (Å²) in [6.07, 6.45) is -7.30. The molecule has 0 saturated carbocycles. The fourth-order valence-electron chi connectivity index (χ4n) is 5.93. The summed E-state index contributed by atoms with van der Waals surface area (Å²) >= 11 is 0. The molecule has 242 valence electrons. The maximum atomic E-state index is 12.2. The Morgan fingerprint density at radius 2 is 1.02 bits per heavy atom. The summed E-state index contributed by atoms with van der Waals surface area (Å²) in [4.78, 5) is 12.2. The van der Waals surface area contributed by atoms with Crippen LogP contribution in [0.3, 0.4) is 0 Å². The van der Waals surface area contributed by atoms with E-state index >= 15 is 0 Å². The van der Waals surface area contributed by atoms with Gasteiger partial charge in [0.15, 0.2) is 12.4 Å². The number of aliphatic hydroxyl groups excluding tert-OH is 1. The number of aliphatic hydroxyl groups is 1. The van der Waals surface area contributed by atoms with Crippen LogP contribution in [0.25, 0.3) is 0 Å². The number of benzene rings is 3. The third-order valence-electron chi connectivity index (χ3n) is 8.20. The number of esters is 1. The zero-order valence-corrected chi connectivity index (χ0v) is 26.3. The van der Waals surface area contributed by atoms with Gasteiger partial charge in [0.1, 0.15) is 30.5 Å². The molecule has 3 aromatic rings. The van der Waals surface area contributed by atoms with Gasteiger partial charge in [-0.05, 0) is 37.5 Å². The average molecular weight is 621 g/mol. The largest absolute Gasteiger partial charge is 0.454 e. The average Bonchev–Trinajstić information content (AvgIpc) is 3.04. The predicted octanol–water partition coefficient (Wildman–Crippen LogP) is 4.97. The van der Waals surface area contributed by atoms with Crippen molar-refractivity contribution in [2.24, 2.45) is 0 Å². The molecule has 0 aliphatic carbocycles. The van der Waals surface area contributed by atoms with Crippen molar-refractivity contribution in [3.05, 3.63) is 108 Å². The smallest absolute Gasteiger partial charge is 0.303 e. The highest BCUT2D eigenvalue weighted by Crippen LogP contribution is 2.34. The molecule has 0 amide bonds. The number of ether oxygens (including phenoxy) is 7. The van der Waals surface area contributed by atoms with E-state index in [1.54, 1.807) is 6.92 Å². The first-order valence-corrected chi connectivity index (χ1v) is 15.6. The molecule has 2 aliphatic rings. The lowest BCUT2D eigenvalue weighted by Crippen LogP contribution is -2.64. The molecule has 0 bridgehead atoms. The van der Waals surface area contributed by atoms with Crippen LogP contribution in [-0.4, -0.2) is 72.3 Å². The van der Waals surface area contributed by atoms with Gasteiger partial charge in [-0.3, -0.25) is 4.79 Å². The van der Waals surface area contributed by atoms with E-state index < -0.39 is 61.1 Å². The second-order valence-electron chi connectivity index (χ2n) is 11.7. The van der Waals surface area contributed by atoms with E-state index in [0.717, 1.165) is 16.7 Å². The zero-order valence-electron chi connectivity index (χ0n) is 26.3. The fraction of sp³-hybridized carbons (Fsp3) is 0.472. The van der Waals surface area contributed by atoms with Crippen LogP contribution in [0, 0.1) is 0 Å². The number of hydrogen-bond donors (Lipinski definition) is 1. The molecule has 2 saturated heterocycles. The van der Waals surface area contributed by atoms with E-state index in [-0.39, 0.29) is 12.7 Å². The Hall–Kier alpha value is -3.15. The summed E-state index contributed by atoms with van der Waals surface area (Å²) in [6, 6.07) is 29.4. The molecule has 2 fully saturated rings. The molecule has 1 N–H and O–H groups in total. The quantitative estimate of drug-likeness (QED) is 0.281. The van der Waals surface area contributed by atoms with Gasteiger partial charge in [0.2, 0.25) is 0 Å². The molecule has 2 heterocycles. The third kappa shape index (κ3) is 8.77. The molecule has 0 spiro atoms. The first-order valence-electron chi connectivity index (χ1n) is 15.6. The van der Waals surface area contributed by atoms with Gasteiger partial charge in [0, 0.05) is 6.92 Å². The summed E-state index contributed by atoms with van der Waals surface area (Å²) in [5, 5.41) is 11.5. The van der Waals surface area contributed by atoms with Crippen LogP contribution in [0.5, 0.6) is 0 Å². The van der Waals surface area contributed by atoms with Gasteiger partial charge in [0.05, 0.1) is 38.1 Å². The van der Waals surface area contributed by atoms with E-state index in [4.69, 9.17) is 33.2 Å². The molecule has 0 radical (unpaired) electrons. The van der Waals surface area contributed by atoms with Crippen molar-refractivity contribution in [3.8, 4) is 0 Å². The molecule has 2 aliphatic heterocycles. The summed E-state index contributed by atoms with van der Waals surface area (Å²) in [7, 11) is 0. The van der Waals surface area contributed by atoms with Crippen LogP contribution in [0.4, 0.5) is 0 Å². The Kier molecular flexibility index (Phi) is 11.7. The second kappa shape index (κ2) is 15.9. The number of carbonyl (C=O) groups is 1. The van der Waals surface area contributed by atoms with E-state index in [1.165, 1.54) is 6.92 Å². The van der Waals surface area contributed by atoms with Gasteiger partial charge in [-0.1, -0.05) is 91.0 Å². The molecule has 4 unspecified atom stereocenters. The molecule has 45 heavy (non-hydrogen) atoms. The minimum absolute atomic E-state index is 0.260. The van der Waals surface area contributed by atoms with Crippen LogP contribution >= 0.6 is 0 Å². The van der Waals surface area contributed by atoms with Crippen LogP contribution in [0.2, 0.25) is 0 Å². The van der Waals surface area contributed by atoms with E-state index in [0.29, 0.717) is 13.2 Å². The molecule has 5 rings (SSSR count). The van der Waals surface area contributed by atoms with Gasteiger partial charge in [0.25, 0.3) is 0 Å². The van der Waals surface area contributed by atoms with Crippen molar-refractivity contribution in [2.75, 3.05) is 0 Å². The molecule has 9 heteroatoms. The third-order valence-corrected chi connectivity index (χ3v) is 8.20. The van der Waals surface area contributed by atoms with Crippen molar-refractivity contribution in [3.63, 3.8) is 0 Å². The highest BCUT2D eigenvalue weighted by Gasteiger charge is 2.51. The van der Waals surface area contributed by atoms with Gasteiger partial charge in [-0.15, -0.1) is 0 Å². The first kappa shape index (κ1) is 33.2. The number of carbonyl (C=O) groups excluding carboxylic acids is 1. The Morgan fingerprint density at radius 3 is 1.51 bits per heavy atom. The minimum atomic E-state index is -1.21. The number of rotatable bonds is 12. The van der Waals surface area contributed by atoms with Gasteiger partial charge in [-0.25, -0.2) is 0 Å². The van der Waals surface area contributed by atoms with Crippen LogP contribution in [0.15, 0.2) is 91.0 Å². The predicted molar refractivity (Wildman–Crippen MR) is 166 cm³/mol. The van der Waals surface area contributed by atoms with Crippen LogP contribution in [0.1, 0.15) is 44.4 Å². The molecule has 9 nitrogen and oxygen atoms in total. The van der Waals surface area contributed by atoms with E-state index in [2.05, 4.69) is 0 Å². The highest BCUT2D eigenvalue weighted by atomic mass is 16.7. The van der Waals surface area contributed by atoms with Crippen molar-refractivity contribution in [1.82, 2.24) is 0 Å². The summed E-state index contributed by atoms with van der Waals surface area (Å²) in [5.74, 6) is -0.574. The standard InChI is InChI=1S/C36H44O9/c1-23-31(39-20-27-14-8-5-9-15-27)30(38)34(44-26(4)37)36(43-23)45-33-25(3)42-24(2)32(40-21-28-16-10-6-11-17-28)35(33)41-22-29-18-12-7-13-19-29/h5-19,23-25,30-36,38H,20-22H2,1-4H3/t23?,24?,25-,30?,31-,32-,33?,34-,35+,36-/m0/s1. The Balaban J connectivity index is 1.36. The van der Waals surface area contributed by atoms with Gasteiger partial charge >= 0.3 is 5.97 Å². The van der Waals surface area contributed by atoms with Crippen molar-refractivity contribution < 1.29 is 43.1 Å². The monoisotopic (exact) mass is 620 g/mol. The zero-order chi connectivity index (χ0) is 31.8. The summed E-state index contributed by atoms with van der Waals surface area (Å²) in [5.41, 5.74) is 2.97. The van der Waals surface area contributed by atoms with Crippen LogP contribution in [-0.2, 0) is 57.8 Å². The fourth-order valence-corrected chi connectivity index (χ4v) is 5.93. The Labute approximate surface area is 265 Å².